The lowest BCUT2D eigenvalue weighted by Gasteiger charge is -2.26. The Morgan fingerprint density at radius 2 is 1.79 bits per heavy atom. The van der Waals surface area contributed by atoms with Crippen molar-refractivity contribution in [1.82, 2.24) is 24.5 Å². The minimum atomic E-state index is -0.964. The Morgan fingerprint density at radius 1 is 1.08 bits per heavy atom. The van der Waals surface area contributed by atoms with Crippen molar-refractivity contribution in [2.75, 3.05) is 11.9 Å². The van der Waals surface area contributed by atoms with Gasteiger partial charge < -0.3 is 11.1 Å². The van der Waals surface area contributed by atoms with Crippen molar-refractivity contribution in [1.29, 1.82) is 0 Å². The van der Waals surface area contributed by atoms with Crippen LogP contribution in [0.2, 0.25) is 0 Å². The average Bonchev–Trinajstić information content (AvgIpc) is 3.43. The number of benzene rings is 2. The summed E-state index contributed by atoms with van der Waals surface area (Å²) in [6, 6.07) is 7.26. The summed E-state index contributed by atoms with van der Waals surface area (Å²) in [5.74, 6) is -1.44. The van der Waals surface area contributed by atoms with Gasteiger partial charge in [-0.1, -0.05) is 32.0 Å². The number of nitrogens with one attached hydrogen (secondary N) is 1. The summed E-state index contributed by atoms with van der Waals surface area (Å²) in [5.41, 5.74) is 12.3. The van der Waals surface area contributed by atoms with Crippen molar-refractivity contribution in [3.8, 4) is 16.9 Å². The van der Waals surface area contributed by atoms with Gasteiger partial charge in [-0.05, 0) is 37.0 Å². The van der Waals surface area contributed by atoms with Crippen molar-refractivity contribution in [2.24, 2.45) is 12.8 Å². The highest BCUT2D eigenvalue weighted by Gasteiger charge is 2.30. The lowest BCUT2D eigenvalue weighted by Crippen LogP contribution is -2.30. The van der Waals surface area contributed by atoms with Gasteiger partial charge in [-0.2, -0.15) is 10.2 Å². The first-order valence-corrected chi connectivity index (χ1v) is 13.2. The predicted molar refractivity (Wildman–Crippen MR) is 147 cm³/mol. The summed E-state index contributed by atoms with van der Waals surface area (Å²) >= 11 is 0. The van der Waals surface area contributed by atoms with Gasteiger partial charge in [0.15, 0.2) is 0 Å². The zero-order valence-corrected chi connectivity index (χ0v) is 22.7. The molecule has 1 aliphatic heterocycles. The lowest BCUT2D eigenvalue weighted by molar-refractivity contribution is 0.244. The number of nitrogens with zero attached hydrogens (tertiary/aromatic N) is 5. The zero-order valence-electron chi connectivity index (χ0n) is 22.7. The number of urea groups is 1. The molecule has 0 saturated heterocycles. The molecule has 8 nitrogen and oxygen atoms in total. The number of aromatic nitrogens is 4. The van der Waals surface area contributed by atoms with Gasteiger partial charge in [-0.25, -0.2) is 18.3 Å². The maximum absolute atomic E-state index is 15.7. The number of nitrogens with two attached hydrogens (primary N) is 1. The maximum atomic E-state index is 15.7. The van der Waals surface area contributed by atoms with Crippen LogP contribution >= 0.6 is 0 Å². The van der Waals surface area contributed by atoms with Gasteiger partial charge in [0.1, 0.15) is 11.6 Å². The highest BCUT2D eigenvalue weighted by atomic mass is 19.1. The van der Waals surface area contributed by atoms with Crippen molar-refractivity contribution in [3.63, 3.8) is 0 Å². The molecular formula is C29H33F2N7O. The third-order valence-electron chi connectivity index (χ3n) is 7.37. The summed E-state index contributed by atoms with van der Waals surface area (Å²) in [6.07, 6.45) is 4.21. The Hall–Kier alpha value is -4.05. The van der Waals surface area contributed by atoms with Crippen LogP contribution in [0, 0.1) is 18.6 Å². The van der Waals surface area contributed by atoms with E-state index in [1.165, 1.54) is 0 Å². The Morgan fingerprint density at radius 3 is 2.41 bits per heavy atom. The van der Waals surface area contributed by atoms with Crippen LogP contribution in [0.3, 0.4) is 0 Å². The SMILES string of the molecule is CCc1cccc(CC)c1-n1nc2c(c1-c1cc(F)c(NC(N)=O)cc1F)CN(Cc1cn(C)nc1C)CC2. The van der Waals surface area contributed by atoms with Crippen molar-refractivity contribution in [2.45, 2.75) is 53.1 Å². The number of hydrogen-bond acceptors (Lipinski definition) is 4. The first kappa shape index (κ1) is 26.6. The van der Waals surface area contributed by atoms with E-state index in [1.807, 2.05) is 38.4 Å². The second-order valence-corrected chi connectivity index (χ2v) is 9.99. The first-order valence-electron chi connectivity index (χ1n) is 13.2. The summed E-state index contributed by atoms with van der Waals surface area (Å²) in [4.78, 5) is 13.6. The third kappa shape index (κ3) is 5.04. The monoisotopic (exact) mass is 533 g/mol. The number of carbonyl (C=O) groups excluding carboxylic acids is 1. The first-order chi connectivity index (χ1) is 18.7. The highest BCUT2D eigenvalue weighted by Crippen LogP contribution is 2.38. The van der Waals surface area contributed by atoms with Crippen LogP contribution in [0.15, 0.2) is 36.5 Å². The quantitative estimate of drug-likeness (QED) is 0.348. The molecule has 204 valence electrons. The fraction of sp³-hybridized carbons (Fsp3) is 0.345. The van der Waals surface area contributed by atoms with Gasteiger partial charge in [-0.15, -0.1) is 0 Å². The fourth-order valence-electron chi connectivity index (χ4n) is 5.49. The highest BCUT2D eigenvalue weighted by molar-refractivity contribution is 5.88. The van der Waals surface area contributed by atoms with Gasteiger partial charge in [0.2, 0.25) is 0 Å². The molecule has 2 aromatic carbocycles. The minimum Gasteiger partial charge on any atom is -0.351 e. The molecule has 0 fully saturated rings. The smallest absolute Gasteiger partial charge is 0.316 e. The topological polar surface area (TPSA) is 94.0 Å². The van der Waals surface area contributed by atoms with Gasteiger partial charge in [0, 0.05) is 62.1 Å². The molecular weight excluding hydrogens is 500 g/mol. The molecule has 10 heteroatoms. The molecule has 5 rings (SSSR count). The molecule has 0 saturated carbocycles. The molecule has 0 atom stereocenters. The van der Waals surface area contributed by atoms with Crippen LogP contribution in [0.4, 0.5) is 19.3 Å². The summed E-state index contributed by atoms with van der Waals surface area (Å²) in [5, 5.41) is 11.6. The summed E-state index contributed by atoms with van der Waals surface area (Å²) in [7, 11) is 1.90. The largest absolute Gasteiger partial charge is 0.351 e. The molecule has 0 spiro atoms. The average molecular weight is 534 g/mol. The van der Waals surface area contributed by atoms with Crippen LogP contribution in [-0.4, -0.2) is 37.0 Å². The molecule has 3 heterocycles. The molecule has 2 aromatic heterocycles. The van der Waals surface area contributed by atoms with E-state index in [0.717, 1.165) is 70.8 Å². The van der Waals surface area contributed by atoms with Crippen molar-refractivity contribution in [3.05, 3.63) is 81.8 Å². The number of rotatable bonds is 7. The number of para-hydroxylation sites is 1. The predicted octanol–water partition coefficient (Wildman–Crippen LogP) is 5.03. The summed E-state index contributed by atoms with van der Waals surface area (Å²) in [6.45, 7) is 8.13. The Balaban J connectivity index is 1.69. The van der Waals surface area contributed by atoms with E-state index in [4.69, 9.17) is 10.8 Å². The fourth-order valence-corrected chi connectivity index (χ4v) is 5.49. The molecule has 4 aromatic rings. The number of amides is 2. The number of anilines is 1. The van der Waals surface area contributed by atoms with Crippen LogP contribution in [-0.2, 0) is 39.4 Å². The number of carbonyl (C=O) groups is 1. The van der Waals surface area contributed by atoms with E-state index < -0.39 is 17.7 Å². The molecule has 2 amide bonds. The summed E-state index contributed by atoms with van der Waals surface area (Å²) < 4.78 is 34.5. The van der Waals surface area contributed by atoms with E-state index in [2.05, 4.69) is 29.2 Å². The normalized spacial score (nSPS) is 13.5. The minimum absolute atomic E-state index is 0.0867. The van der Waals surface area contributed by atoms with E-state index in [9.17, 15) is 4.79 Å². The van der Waals surface area contributed by atoms with Gasteiger partial charge in [-0.3, -0.25) is 9.58 Å². The number of fused-ring (bicyclic) bond motifs is 1. The van der Waals surface area contributed by atoms with E-state index in [1.54, 1.807) is 9.36 Å². The van der Waals surface area contributed by atoms with Crippen LogP contribution in [0.5, 0.6) is 0 Å². The Kier molecular flexibility index (Phi) is 7.22. The second-order valence-electron chi connectivity index (χ2n) is 9.99. The zero-order chi connectivity index (χ0) is 27.8. The molecule has 3 N–H and O–H groups in total. The van der Waals surface area contributed by atoms with E-state index >= 15 is 8.78 Å². The van der Waals surface area contributed by atoms with E-state index in [0.29, 0.717) is 25.2 Å². The van der Waals surface area contributed by atoms with Crippen molar-refractivity contribution < 1.29 is 13.6 Å². The molecule has 0 radical (unpaired) electrons. The Labute approximate surface area is 226 Å². The lowest BCUT2D eigenvalue weighted by atomic mass is 9.98. The second kappa shape index (κ2) is 10.6. The number of aryl methyl sites for hydroxylation is 4. The maximum Gasteiger partial charge on any atom is 0.316 e. The molecule has 0 unspecified atom stereocenters. The van der Waals surface area contributed by atoms with Crippen LogP contribution in [0.1, 0.15) is 47.5 Å². The number of hydrogen-bond donors (Lipinski definition) is 2. The molecule has 39 heavy (non-hydrogen) atoms. The Bertz CT molecular complexity index is 1530. The van der Waals surface area contributed by atoms with Crippen LogP contribution in [0.25, 0.3) is 16.9 Å². The molecule has 1 aliphatic rings. The van der Waals surface area contributed by atoms with Crippen LogP contribution < -0.4 is 11.1 Å². The molecule has 0 bridgehead atoms. The van der Waals surface area contributed by atoms with Gasteiger partial charge in [0.25, 0.3) is 0 Å². The standard InChI is InChI=1S/C29H33F2N7O/c1-5-18-8-7-9-19(6-2)27(18)38-28(21-12-24(31)26(13-23(21)30)33-29(32)39)22-16-37(11-10-25(22)35-38)15-20-14-36(4)34-17(20)3/h7-9,12-14H,5-6,10-11,15-16H2,1-4H3,(H3,32,33,39). The number of halogens is 2. The molecule has 0 aliphatic carbocycles. The van der Waals surface area contributed by atoms with Gasteiger partial charge >= 0.3 is 6.03 Å². The van der Waals surface area contributed by atoms with Crippen molar-refractivity contribution >= 4 is 11.7 Å². The number of primary amides is 1. The van der Waals surface area contributed by atoms with Gasteiger partial charge in [0.05, 0.1) is 28.5 Å². The van der Waals surface area contributed by atoms with E-state index in [-0.39, 0.29) is 11.3 Å². The third-order valence-corrected chi connectivity index (χ3v) is 7.37.